The number of hydrogen-bond donors (Lipinski definition) is 2. The number of sulfonamides is 1. The first-order chi connectivity index (χ1) is 14.8. The van der Waals surface area contributed by atoms with Crippen molar-refractivity contribution in [1.29, 1.82) is 0 Å². The van der Waals surface area contributed by atoms with Crippen LogP contribution in [0.15, 0.2) is 35.2 Å². The van der Waals surface area contributed by atoms with Crippen LogP contribution in [-0.4, -0.2) is 44.8 Å². The van der Waals surface area contributed by atoms with E-state index in [9.17, 15) is 26.4 Å². The fourth-order valence-electron chi connectivity index (χ4n) is 4.26. The molecule has 0 saturated heterocycles. The number of fused-ring (bicyclic) bond motifs is 1. The Bertz CT molecular complexity index is 1120. The van der Waals surface area contributed by atoms with Gasteiger partial charge in [-0.2, -0.15) is 17.9 Å². The molecule has 0 aliphatic carbocycles. The molecule has 3 rings (SSSR count). The standard InChI is InChI=1S/C22H25F3N2O4S/c1-13-9-14(2)20(15(3)10-13)32(30,31)26-19(22(23,24)25)12-27-8-4-5-16-11-17(21(28)29)6-7-18(16)27/h6-7,9-11,19,26H,4-5,8,12H2,1-3H3,(H,28,29). The first-order valence-electron chi connectivity index (χ1n) is 10.1. The van der Waals surface area contributed by atoms with Gasteiger partial charge in [-0.25, -0.2) is 13.2 Å². The molecule has 1 aliphatic heterocycles. The molecule has 0 amide bonds. The Morgan fingerprint density at radius 2 is 1.78 bits per heavy atom. The SMILES string of the molecule is Cc1cc(C)c(S(=O)(=O)NC(CN2CCCc3cc(C(=O)O)ccc32)C(F)(F)F)c(C)c1. The van der Waals surface area contributed by atoms with Crippen LogP contribution in [-0.2, 0) is 16.4 Å². The molecular formula is C22H25F3N2O4S. The summed E-state index contributed by atoms with van der Waals surface area (Å²) in [5.41, 5.74) is 2.74. The van der Waals surface area contributed by atoms with Crippen molar-refractivity contribution in [2.45, 2.75) is 50.7 Å². The minimum absolute atomic E-state index is 0.0593. The lowest BCUT2D eigenvalue weighted by atomic mass is 9.98. The Morgan fingerprint density at radius 3 is 2.34 bits per heavy atom. The van der Waals surface area contributed by atoms with E-state index in [2.05, 4.69) is 0 Å². The lowest BCUT2D eigenvalue weighted by Gasteiger charge is -2.35. The van der Waals surface area contributed by atoms with E-state index in [1.807, 2.05) is 4.72 Å². The summed E-state index contributed by atoms with van der Waals surface area (Å²) in [6.07, 6.45) is -3.75. The topological polar surface area (TPSA) is 86.7 Å². The molecule has 2 aromatic rings. The van der Waals surface area contributed by atoms with Gasteiger partial charge in [0.2, 0.25) is 10.0 Å². The average molecular weight is 471 g/mol. The van der Waals surface area contributed by atoms with Crippen LogP contribution in [0.5, 0.6) is 0 Å². The van der Waals surface area contributed by atoms with Crippen molar-refractivity contribution in [3.63, 3.8) is 0 Å². The number of nitrogens with zero attached hydrogens (tertiary/aromatic N) is 1. The summed E-state index contributed by atoms with van der Waals surface area (Å²) in [7, 11) is -4.44. The predicted octanol–water partition coefficient (Wildman–Crippen LogP) is 3.97. The number of halogens is 3. The third-order valence-corrected chi connectivity index (χ3v) is 7.29. The van der Waals surface area contributed by atoms with E-state index < -0.39 is 34.8 Å². The normalized spacial score (nSPS) is 15.4. The molecule has 0 bridgehead atoms. The molecule has 2 aromatic carbocycles. The number of aromatic carboxylic acids is 1. The van der Waals surface area contributed by atoms with Crippen molar-refractivity contribution in [2.75, 3.05) is 18.0 Å². The second kappa shape index (κ2) is 8.74. The van der Waals surface area contributed by atoms with Gasteiger partial charge in [0, 0.05) is 18.8 Å². The molecule has 1 atom stereocenters. The van der Waals surface area contributed by atoms with Crippen molar-refractivity contribution in [1.82, 2.24) is 4.72 Å². The quantitative estimate of drug-likeness (QED) is 0.667. The summed E-state index contributed by atoms with van der Waals surface area (Å²) < 4.78 is 69.5. The number of carbonyl (C=O) groups is 1. The molecule has 1 heterocycles. The van der Waals surface area contributed by atoms with Crippen LogP contribution in [0, 0.1) is 20.8 Å². The molecule has 6 nitrogen and oxygen atoms in total. The molecule has 0 radical (unpaired) electrons. The number of benzene rings is 2. The molecule has 1 aliphatic rings. The minimum Gasteiger partial charge on any atom is -0.478 e. The number of rotatable bonds is 6. The van der Waals surface area contributed by atoms with E-state index in [-0.39, 0.29) is 10.5 Å². The van der Waals surface area contributed by atoms with Crippen molar-refractivity contribution >= 4 is 21.7 Å². The Labute approximate surface area is 185 Å². The lowest BCUT2D eigenvalue weighted by molar-refractivity contribution is -0.149. The van der Waals surface area contributed by atoms with E-state index in [1.165, 1.54) is 23.1 Å². The molecule has 0 spiro atoms. The van der Waals surface area contributed by atoms with Gasteiger partial charge in [0.05, 0.1) is 10.5 Å². The van der Waals surface area contributed by atoms with E-state index in [0.717, 1.165) is 5.56 Å². The molecule has 32 heavy (non-hydrogen) atoms. The number of nitrogens with one attached hydrogen (secondary N) is 1. The van der Waals surface area contributed by atoms with Gasteiger partial charge >= 0.3 is 12.1 Å². The maximum absolute atomic E-state index is 13.9. The number of hydrogen-bond acceptors (Lipinski definition) is 4. The van der Waals surface area contributed by atoms with E-state index >= 15 is 0 Å². The first-order valence-corrected chi connectivity index (χ1v) is 11.6. The molecule has 0 aromatic heterocycles. The van der Waals surface area contributed by atoms with Crippen LogP contribution in [0.1, 0.15) is 39.0 Å². The van der Waals surface area contributed by atoms with E-state index in [4.69, 9.17) is 5.11 Å². The second-order valence-electron chi connectivity index (χ2n) is 8.14. The van der Waals surface area contributed by atoms with Gasteiger partial charge in [0.25, 0.3) is 0 Å². The Kier molecular flexibility index (Phi) is 6.57. The monoisotopic (exact) mass is 470 g/mol. The molecule has 0 saturated carbocycles. The van der Waals surface area contributed by atoms with Crippen LogP contribution < -0.4 is 9.62 Å². The van der Waals surface area contributed by atoms with E-state index in [1.54, 1.807) is 32.9 Å². The van der Waals surface area contributed by atoms with Crippen molar-refractivity contribution in [3.05, 3.63) is 58.1 Å². The molecule has 174 valence electrons. The third-order valence-electron chi connectivity index (χ3n) is 5.51. The van der Waals surface area contributed by atoms with Gasteiger partial charge in [0.15, 0.2) is 0 Å². The van der Waals surface area contributed by atoms with Crippen molar-refractivity contribution < 1.29 is 31.5 Å². The third kappa shape index (κ3) is 5.07. The molecule has 0 fully saturated rings. The summed E-state index contributed by atoms with van der Waals surface area (Å²) in [5.74, 6) is -1.12. The Hall–Kier alpha value is -2.59. The van der Waals surface area contributed by atoms with Gasteiger partial charge in [-0.15, -0.1) is 0 Å². The van der Waals surface area contributed by atoms with Gasteiger partial charge in [0.1, 0.15) is 6.04 Å². The highest BCUT2D eigenvalue weighted by Crippen LogP contribution is 2.31. The highest BCUT2D eigenvalue weighted by Gasteiger charge is 2.44. The molecule has 1 unspecified atom stereocenters. The Morgan fingerprint density at radius 1 is 1.16 bits per heavy atom. The molecule has 10 heteroatoms. The number of carboxylic acid groups (broad SMARTS) is 1. The highest BCUT2D eigenvalue weighted by atomic mass is 32.2. The van der Waals surface area contributed by atoms with Gasteiger partial charge in [-0.05, 0) is 68.5 Å². The first kappa shape index (κ1) is 24.1. The molecular weight excluding hydrogens is 445 g/mol. The summed E-state index contributed by atoms with van der Waals surface area (Å²) in [4.78, 5) is 12.5. The zero-order valence-corrected chi connectivity index (χ0v) is 18.8. The van der Waals surface area contributed by atoms with E-state index in [0.29, 0.717) is 41.8 Å². The highest BCUT2D eigenvalue weighted by molar-refractivity contribution is 7.89. The lowest BCUT2D eigenvalue weighted by Crippen LogP contribution is -2.53. The maximum Gasteiger partial charge on any atom is 0.406 e. The van der Waals surface area contributed by atoms with Crippen LogP contribution in [0.3, 0.4) is 0 Å². The summed E-state index contributed by atoms with van der Waals surface area (Å²) >= 11 is 0. The summed E-state index contributed by atoms with van der Waals surface area (Å²) in [6.45, 7) is 4.57. The average Bonchev–Trinajstić information content (AvgIpc) is 2.65. The summed E-state index contributed by atoms with van der Waals surface area (Å²) in [5, 5.41) is 9.16. The number of aryl methyl sites for hydroxylation is 4. The number of alkyl halides is 3. The van der Waals surface area contributed by atoms with Gasteiger partial charge < -0.3 is 10.0 Å². The van der Waals surface area contributed by atoms with Crippen LogP contribution in [0.4, 0.5) is 18.9 Å². The summed E-state index contributed by atoms with van der Waals surface area (Å²) in [6, 6.07) is 5.17. The fourth-order valence-corrected chi connectivity index (χ4v) is 5.93. The van der Waals surface area contributed by atoms with Crippen molar-refractivity contribution in [2.24, 2.45) is 0 Å². The van der Waals surface area contributed by atoms with Gasteiger partial charge in [-0.3, -0.25) is 0 Å². The maximum atomic E-state index is 13.9. The largest absolute Gasteiger partial charge is 0.478 e. The number of carboxylic acids is 1. The molecule has 2 N–H and O–H groups in total. The minimum atomic E-state index is -4.82. The second-order valence-corrected chi connectivity index (χ2v) is 9.79. The van der Waals surface area contributed by atoms with Crippen LogP contribution in [0.2, 0.25) is 0 Å². The zero-order valence-electron chi connectivity index (χ0n) is 18.0. The van der Waals surface area contributed by atoms with Crippen LogP contribution >= 0.6 is 0 Å². The predicted molar refractivity (Wildman–Crippen MR) is 115 cm³/mol. The van der Waals surface area contributed by atoms with Gasteiger partial charge in [-0.1, -0.05) is 17.7 Å². The zero-order chi connectivity index (χ0) is 23.8. The van der Waals surface area contributed by atoms with Crippen LogP contribution in [0.25, 0.3) is 0 Å². The Balaban J connectivity index is 1.93. The smallest absolute Gasteiger partial charge is 0.406 e. The van der Waals surface area contributed by atoms with Crippen molar-refractivity contribution in [3.8, 4) is 0 Å². The fraction of sp³-hybridized carbons (Fsp3) is 0.409. The number of anilines is 1.